The van der Waals surface area contributed by atoms with E-state index < -0.39 is 0 Å². The Hall–Kier alpha value is -0.870. The molecule has 2 N–H and O–H groups in total. The average Bonchev–Trinajstić information content (AvgIpc) is 3.09. The SMILES string of the molecule is OCc1cc([C@@H]2CCCNC2)nn1CC1CC1. The van der Waals surface area contributed by atoms with Gasteiger partial charge in [0.2, 0.25) is 0 Å². The highest BCUT2D eigenvalue weighted by molar-refractivity contribution is 5.15. The number of nitrogens with one attached hydrogen (secondary N) is 1. The first-order chi connectivity index (χ1) is 8.36. The molecule has 17 heavy (non-hydrogen) atoms. The van der Waals surface area contributed by atoms with Crippen molar-refractivity contribution in [1.82, 2.24) is 15.1 Å². The number of aromatic nitrogens is 2. The van der Waals surface area contributed by atoms with Crippen molar-refractivity contribution < 1.29 is 5.11 Å². The summed E-state index contributed by atoms with van der Waals surface area (Å²) in [6.45, 7) is 3.27. The van der Waals surface area contributed by atoms with E-state index >= 15 is 0 Å². The molecule has 0 amide bonds. The maximum Gasteiger partial charge on any atom is 0.0849 e. The van der Waals surface area contributed by atoms with Crippen LogP contribution in [0.4, 0.5) is 0 Å². The van der Waals surface area contributed by atoms with Crippen molar-refractivity contribution in [3.63, 3.8) is 0 Å². The second kappa shape index (κ2) is 4.78. The molecule has 1 aromatic rings. The highest BCUT2D eigenvalue weighted by Crippen LogP contribution is 2.31. The Morgan fingerprint density at radius 2 is 2.29 bits per heavy atom. The Kier molecular flexibility index (Phi) is 3.16. The van der Waals surface area contributed by atoms with E-state index in [1.807, 2.05) is 4.68 Å². The van der Waals surface area contributed by atoms with Crippen molar-refractivity contribution in [2.24, 2.45) is 5.92 Å². The first kappa shape index (κ1) is 11.2. The Bertz CT molecular complexity index is 378. The topological polar surface area (TPSA) is 50.1 Å². The molecule has 1 atom stereocenters. The summed E-state index contributed by atoms with van der Waals surface area (Å²) in [5.74, 6) is 1.34. The van der Waals surface area contributed by atoms with E-state index in [0.717, 1.165) is 31.2 Å². The first-order valence-electron chi connectivity index (χ1n) is 6.75. The van der Waals surface area contributed by atoms with Crippen LogP contribution < -0.4 is 5.32 Å². The van der Waals surface area contributed by atoms with Crippen LogP contribution in [0, 0.1) is 5.92 Å². The number of hydrogen-bond acceptors (Lipinski definition) is 3. The molecule has 94 valence electrons. The maximum absolute atomic E-state index is 9.39. The molecule has 0 radical (unpaired) electrons. The predicted octanol–water partition coefficient (Wildman–Crippen LogP) is 1.25. The van der Waals surface area contributed by atoms with Crippen molar-refractivity contribution in [3.8, 4) is 0 Å². The fourth-order valence-electron chi connectivity index (χ4n) is 2.61. The van der Waals surface area contributed by atoms with Crippen LogP contribution in [-0.4, -0.2) is 28.0 Å². The van der Waals surface area contributed by atoms with Crippen LogP contribution in [0.2, 0.25) is 0 Å². The highest BCUT2D eigenvalue weighted by Gasteiger charge is 2.25. The van der Waals surface area contributed by atoms with Gasteiger partial charge < -0.3 is 10.4 Å². The summed E-state index contributed by atoms with van der Waals surface area (Å²) in [5.41, 5.74) is 2.15. The summed E-state index contributed by atoms with van der Waals surface area (Å²) in [7, 11) is 0. The molecule has 0 unspecified atom stereocenters. The zero-order valence-electron chi connectivity index (χ0n) is 10.2. The van der Waals surface area contributed by atoms with Gasteiger partial charge in [-0.3, -0.25) is 4.68 Å². The minimum atomic E-state index is 0.111. The van der Waals surface area contributed by atoms with Crippen molar-refractivity contribution in [1.29, 1.82) is 0 Å². The molecule has 1 aliphatic heterocycles. The fraction of sp³-hybridized carbons (Fsp3) is 0.769. The van der Waals surface area contributed by atoms with Crippen LogP contribution in [0.1, 0.15) is 43.0 Å². The van der Waals surface area contributed by atoms with E-state index in [-0.39, 0.29) is 6.61 Å². The Balaban J connectivity index is 1.76. The van der Waals surface area contributed by atoms with E-state index in [4.69, 9.17) is 5.10 Å². The number of rotatable bonds is 4. The third kappa shape index (κ3) is 2.53. The summed E-state index contributed by atoms with van der Waals surface area (Å²) in [4.78, 5) is 0. The standard InChI is InChI=1S/C13H21N3O/c17-9-12-6-13(11-2-1-5-14-7-11)15-16(12)8-10-3-4-10/h6,10-11,14,17H,1-5,7-9H2/t11-/m1/s1. The van der Waals surface area contributed by atoms with E-state index in [1.165, 1.54) is 31.4 Å². The van der Waals surface area contributed by atoms with Gasteiger partial charge in [0.1, 0.15) is 0 Å². The van der Waals surface area contributed by atoms with Crippen molar-refractivity contribution in [2.75, 3.05) is 13.1 Å². The molecule has 2 aliphatic rings. The minimum absolute atomic E-state index is 0.111. The lowest BCUT2D eigenvalue weighted by molar-refractivity contribution is 0.266. The van der Waals surface area contributed by atoms with Gasteiger partial charge in [-0.15, -0.1) is 0 Å². The van der Waals surface area contributed by atoms with Gasteiger partial charge in [-0.2, -0.15) is 5.10 Å². The number of hydrogen-bond donors (Lipinski definition) is 2. The third-order valence-electron chi connectivity index (χ3n) is 3.89. The normalized spacial score (nSPS) is 25.1. The zero-order chi connectivity index (χ0) is 11.7. The average molecular weight is 235 g/mol. The molecular formula is C13H21N3O. The molecule has 4 heteroatoms. The lowest BCUT2D eigenvalue weighted by Gasteiger charge is -2.20. The summed E-state index contributed by atoms with van der Waals surface area (Å²) in [5, 5.41) is 17.5. The largest absolute Gasteiger partial charge is 0.390 e. The monoisotopic (exact) mass is 235 g/mol. The van der Waals surface area contributed by atoms with E-state index in [0.29, 0.717) is 5.92 Å². The second-order valence-corrected chi connectivity index (χ2v) is 5.39. The van der Waals surface area contributed by atoms with Gasteiger partial charge in [-0.25, -0.2) is 0 Å². The number of aliphatic hydroxyl groups is 1. The van der Waals surface area contributed by atoms with Gasteiger partial charge >= 0.3 is 0 Å². The summed E-state index contributed by atoms with van der Waals surface area (Å²) >= 11 is 0. The van der Waals surface area contributed by atoms with Crippen LogP contribution in [0.25, 0.3) is 0 Å². The maximum atomic E-state index is 9.39. The van der Waals surface area contributed by atoms with Gasteiger partial charge in [0.15, 0.2) is 0 Å². The number of nitrogens with zero attached hydrogens (tertiary/aromatic N) is 2. The van der Waals surface area contributed by atoms with Gasteiger partial charge in [0.25, 0.3) is 0 Å². The van der Waals surface area contributed by atoms with Crippen LogP contribution in [0.5, 0.6) is 0 Å². The lowest BCUT2D eigenvalue weighted by atomic mass is 9.96. The molecule has 0 spiro atoms. The van der Waals surface area contributed by atoms with E-state index in [9.17, 15) is 5.11 Å². The van der Waals surface area contributed by atoms with E-state index in [1.54, 1.807) is 0 Å². The molecule has 1 aromatic heterocycles. The molecule has 1 aliphatic carbocycles. The third-order valence-corrected chi connectivity index (χ3v) is 3.89. The smallest absolute Gasteiger partial charge is 0.0849 e. The molecule has 0 bridgehead atoms. The highest BCUT2D eigenvalue weighted by atomic mass is 16.3. The van der Waals surface area contributed by atoms with Gasteiger partial charge in [0, 0.05) is 19.0 Å². The van der Waals surface area contributed by atoms with Gasteiger partial charge in [0.05, 0.1) is 18.0 Å². The Morgan fingerprint density at radius 1 is 1.41 bits per heavy atom. The molecule has 0 aromatic carbocycles. The molecule has 3 rings (SSSR count). The molecular weight excluding hydrogens is 214 g/mol. The van der Waals surface area contributed by atoms with Crippen LogP contribution in [-0.2, 0) is 13.2 Å². The molecule has 1 saturated carbocycles. The van der Waals surface area contributed by atoms with Crippen LogP contribution in [0.15, 0.2) is 6.07 Å². The summed E-state index contributed by atoms with van der Waals surface area (Å²) in [6.07, 6.45) is 5.10. The summed E-state index contributed by atoms with van der Waals surface area (Å²) < 4.78 is 2.03. The Morgan fingerprint density at radius 3 is 2.94 bits per heavy atom. The molecule has 2 fully saturated rings. The fourth-order valence-corrected chi connectivity index (χ4v) is 2.61. The van der Waals surface area contributed by atoms with Gasteiger partial charge in [-0.05, 0) is 44.2 Å². The van der Waals surface area contributed by atoms with Crippen LogP contribution >= 0.6 is 0 Å². The molecule has 1 saturated heterocycles. The number of aliphatic hydroxyl groups excluding tert-OH is 1. The summed E-state index contributed by atoms with van der Waals surface area (Å²) in [6, 6.07) is 2.10. The number of piperidine rings is 1. The van der Waals surface area contributed by atoms with Gasteiger partial charge in [-0.1, -0.05) is 0 Å². The molecule has 2 heterocycles. The Labute approximate surface area is 102 Å². The quantitative estimate of drug-likeness (QED) is 0.826. The van der Waals surface area contributed by atoms with Crippen molar-refractivity contribution >= 4 is 0 Å². The first-order valence-corrected chi connectivity index (χ1v) is 6.75. The molecule has 4 nitrogen and oxygen atoms in total. The van der Waals surface area contributed by atoms with Crippen LogP contribution in [0.3, 0.4) is 0 Å². The van der Waals surface area contributed by atoms with Crippen molar-refractivity contribution in [3.05, 3.63) is 17.5 Å². The lowest BCUT2D eigenvalue weighted by Crippen LogP contribution is -2.28. The minimum Gasteiger partial charge on any atom is -0.390 e. The predicted molar refractivity (Wildman–Crippen MR) is 65.7 cm³/mol. The van der Waals surface area contributed by atoms with E-state index in [2.05, 4.69) is 11.4 Å². The second-order valence-electron chi connectivity index (χ2n) is 5.39. The van der Waals surface area contributed by atoms with Crippen molar-refractivity contribution in [2.45, 2.75) is 44.8 Å². The zero-order valence-corrected chi connectivity index (χ0v) is 10.2.